The van der Waals surface area contributed by atoms with E-state index in [4.69, 9.17) is 0 Å². The maximum atomic E-state index is 10.5. The summed E-state index contributed by atoms with van der Waals surface area (Å²) in [5.74, 6) is 0.372. The van der Waals surface area contributed by atoms with Gasteiger partial charge in [-0.05, 0) is 41.6 Å². The molecule has 2 aromatic carbocycles. The third-order valence-electron chi connectivity index (χ3n) is 4.08. The minimum absolute atomic E-state index is 0.0926. The Kier molecular flexibility index (Phi) is 4.78. The molecule has 0 spiro atoms. The van der Waals surface area contributed by atoms with Crippen LogP contribution >= 0.6 is 11.8 Å². The second-order valence-electron chi connectivity index (χ2n) is 6.03. The molecule has 0 aliphatic heterocycles. The topological polar surface area (TPSA) is 116 Å². The summed E-state index contributed by atoms with van der Waals surface area (Å²) in [7, 11) is 0. The summed E-state index contributed by atoms with van der Waals surface area (Å²) in [6.45, 7) is 2.00. The Labute approximate surface area is 164 Å². The number of fused-ring (bicyclic) bond motifs is 1. The van der Waals surface area contributed by atoms with Gasteiger partial charge in [-0.3, -0.25) is 0 Å². The van der Waals surface area contributed by atoms with Crippen LogP contribution in [0.15, 0.2) is 59.4 Å². The minimum Gasteiger partial charge on any atom is -0.510 e. The van der Waals surface area contributed by atoms with E-state index in [1.165, 1.54) is 11.8 Å². The zero-order valence-electron chi connectivity index (χ0n) is 14.9. The monoisotopic (exact) mass is 389 g/mol. The van der Waals surface area contributed by atoms with E-state index < -0.39 is 0 Å². The standard InChI is InChI=1S/C19H15N7OS/c1-12-6-8-13(9-7-12)26-19(23-24-25-26)28-11-17(27)14(10-20)18-21-15-4-2-3-5-16(15)22-18/h2-9,27H,11H2,1H3,(H,21,22)/b17-14-. The normalized spacial score (nSPS) is 12.0. The molecule has 0 saturated heterocycles. The summed E-state index contributed by atoms with van der Waals surface area (Å²) in [6, 6.07) is 17.2. The number of aliphatic hydroxyl groups excluding tert-OH is 1. The lowest BCUT2D eigenvalue weighted by atomic mass is 10.2. The number of aliphatic hydroxyl groups is 1. The van der Waals surface area contributed by atoms with Crippen molar-refractivity contribution >= 4 is 28.4 Å². The van der Waals surface area contributed by atoms with Crippen LogP contribution in [-0.4, -0.2) is 41.0 Å². The molecule has 4 aromatic rings. The lowest BCUT2D eigenvalue weighted by Gasteiger charge is -2.05. The number of aryl methyl sites for hydroxylation is 1. The van der Waals surface area contributed by atoms with Crippen molar-refractivity contribution in [3.63, 3.8) is 0 Å². The van der Waals surface area contributed by atoms with Gasteiger partial charge in [0, 0.05) is 0 Å². The van der Waals surface area contributed by atoms with E-state index >= 15 is 0 Å². The van der Waals surface area contributed by atoms with Crippen molar-refractivity contribution in [2.24, 2.45) is 0 Å². The summed E-state index contributed by atoms with van der Waals surface area (Å²) < 4.78 is 1.59. The number of hydrogen-bond acceptors (Lipinski definition) is 7. The fourth-order valence-electron chi connectivity index (χ4n) is 2.65. The highest BCUT2D eigenvalue weighted by Crippen LogP contribution is 2.24. The summed E-state index contributed by atoms with van der Waals surface area (Å²) in [5, 5.41) is 32.2. The van der Waals surface area contributed by atoms with Gasteiger partial charge in [-0.25, -0.2) is 4.98 Å². The maximum absolute atomic E-state index is 10.5. The number of H-pyrrole nitrogens is 1. The van der Waals surface area contributed by atoms with E-state index in [2.05, 4.69) is 25.5 Å². The highest BCUT2D eigenvalue weighted by molar-refractivity contribution is 7.99. The number of aromatic nitrogens is 6. The lowest BCUT2D eigenvalue weighted by Crippen LogP contribution is -2.01. The van der Waals surface area contributed by atoms with Gasteiger partial charge >= 0.3 is 0 Å². The van der Waals surface area contributed by atoms with Gasteiger partial charge < -0.3 is 10.1 Å². The van der Waals surface area contributed by atoms with Crippen molar-refractivity contribution in [2.75, 3.05) is 5.75 Å². The Morgan fingerprint density at radius 2 is 2.00 bits per heavy atom. The Balaban J connectivity index is 1.58. The Morgan fingerprint density at radius 3 is 2.75 bits per heavy atom. The van der Waals surface area contributed by atoms with E-state index in [0.29, 0.717) is 11.0 Å². The predicted octanol–water partition coefficient (Wildman–Crippen LogP) is 3.43. The molecule has 0 amide bonds. The number of allylic oxidation sites excluding steroid dienone is 1. The number of para-hydroxylation sites is 2. The van der Waals surface area contributed by atoms with Crippen molar-refractivity contribution < 1.29 is 5.11 Å². The van der Waals surface area contributed by atoms with Crippen molar-refractivity contribution in [2.45, 2.75) is 12.1 Å². The van der Waals surface area contributed by atoms with Crippen molar-refractivity contribution in [3.8, 4) is 11.8 Å². The average molecular weight is 389 g/mol. The van der Waals surface area contributed by atoms with Gasteiger partial charge in [-0.15, -0.1) is 5.10 Å². The number of tetrazole rings is 1. The SMILES string of the molecule is Cc1ccc(-n2nnnc2SC/C(O)=C(\C#N)c2nc3ccccc3[nH]2)cc1. The van der Waals surface area contributed by atoms with Gasteiger partial charge in [0.15, 0.2) is 5.82 Å². The molecular weight excluding hydrogens is 374 g/mol. The zero-order valence-corrected chi connectivity index (χ0v) is 15.7. The first-order valence-electron chi connectivity index (χ1n) is 8.41. The smallest absolute Gasteiger partial charge is 0.214 e. The first kappa shape index (κ1) is 17.8. The van der Waals surface area contributed by atoms with Gasteiger partial charge in [0.1, 0.15) is 17.4 Å². The van der Waals surface area contributed by atoms with Crippen LogP contribution in [0.5, 0.6) is 0 Å². The van der Waals surface area contributed by atoms with E-state index in [9.17, 15) is 10.4 Å². The van der Waals surface area contributed by atoms with Crippen molar-refractivity contribution in [1.82, 2.24) is 30.2 Å². The molecular formula is C19H15N7OS. The minimum atomic E-state index is -0.0926. The average Bonchev–Trinajstić information content (AvgIpc) is 3.34. The number of thioether (sulfide) groups is 1. The Bertz CT molecular complexity index is 1170. The van der Waals surface area contributed by atoms with E-state index in [1.807, 2.05) is 61.5 Å². The number of benzene rings is 2. The van der Waals surface area contributed by atoms with Crippen LogP contribution < -0.4 is 0 Å². The number of rotatable bonds is 5. The highest BCUT2D eigenvalue weighted by Gasteiger charge is 2.16. The van der Waals surface area contributed by atoms with Gasteiger partial charge in [-0.1, -0.05) is 41.6 Å². The summed E-state index contributed by atoms with van der Waals surface area (Å²) in [5.41, 5.74) is 3.58. The maximum Gasteiger partial charge on any atom is 0.214 e. The van der Waals surface area contributed by atoms with E-state index in [0.717, 1.165) is 22.3 Å². The molecule has 0 radical (unpaired) electrons. The van der Waals surface area contributed by atoms with Crippen LogP contribution in [0.1, 0.15) is 11.4 Å². The predicted molar refractivity (Wildman–Crippen MR) is 106 cm³/mol. The second kappa shape index (κ2) is 7.54. The molecule has 9 heteroatoms. The van der Waals surface area contributed by atoms with Crippen molar-refractivity contribution in [1.29, 1.82) is 5.26 Å². The van der Waals surface area contributed by atoms with Crippen LogP contribution in [0, 0.1) is 18.3 Å². The lowest BCUT2D eigenvalue weighted by molar-refractivity contribution is 0.420. The molecule has 0 atom stereocenters. The van der Waals surface area contributed by atoms with Gasteiger partial charge in [0.25, 0.3) is 0 Å². The number of hydrogen-bond donors (Lipinski definition) is 2. The molecule has 8 nitrogen and oxygen atoms in total. The summed E-state index contributed by atoms with van der Waals surface area (Å²) >= 11 is 1.23. The molecule has 0 aliphatic rings. The number of nitrogens with one attached hydrogen (secondary N) is 1. The quantitative estimate of drug-likeness (QED) is 0.305. The molecule has 2 heterocycles. The highest BCUT2D eigenvalue weighted by atomic mass is 32.2. The molecule has 138 valence electrons. The number of imidazole rings is 1. The van der Waals surface area contributed by atoms with Crippen LogP contribution in [0.25, 0.3) is 22.3 Å². The second-order valence-corrected chi connectivity index (χ2v) is 6.98. The first-order chi connectivity index (χ1) is 13.7. The van der Waals surface area contributed by atoms with Gasteiger partial charge in [0.05, 0.1) is 22.5 Å². The Hall–Kier alpha value is -3.64. The number of nitrogens with zero attached hydrogens (tertiary/aromatic N) is 6. The number of aromatic amines is 1. The molecule has 4 rings (SSSR count). The Morgan fingerprint density at radius 1 is 1.21 bits per heavy atom. The van der Waals surface area contributed by atoms with Crippen LogP contribution in [0.3, 0.4) is 0 Å². The summed E-state index contributed by atoms with van der Waals surface area (Å²) in [6.07, 6.45) is 0. The third-order valence-corrected chi connectivity index (χ3v) is 5.01. The number of nitriles is 1. The molecule has 0 aliphatic carbocycles. The van der Waals surface area contributed by atoms with Crippen LogP contribution in [-0.2, 0) is 0 Å². The summed E-state index contributed by atoms with van der Waals surface area (Å²) in [4.78, 5) is 7.43. The molecule has 2 aromatic heterocycles. The molecule has 0 bridgehead atoms. The molecule has 0 fully saturated rings. The molecule has 28 heavy (non-hydrogen) atoms. The fraction of sp³-hybridized carbons (Fsp3) is 0.105. The van der Waals surface area contributed by atoms with Gasteiger partial charge in [-0.2, -0.15) is 9.94 Å². The van der Waals surface area contributed by atoms with Crippen LogP contribution in [0.4, 0.5) is 0 Å². The molecule has 2 N–H and O–H groups in total. The largest absolute Gasteiger partial charge is 0.510 e. The van der Waals surface area contributed by atoms with E-state index in [1.54, 1.807) is 4.68 Å². The van der Waals surface area contributed by atoms with E-state index in [-0.39, 0.29) is 17.1 Å². The fourth-order valence-corrected chi connectivity index (χ4v) is 3.42. The van der Waals surface area contributed by atoms with Crippen LogP contribution in [0.2, 0.25) is 0 Å². The molecule has 0 unspecified atom stereocenters. The first-order valence-corrected chi connectivity index (χ1v) is 9.40. The molecule has 0 saturated carbocycles. The third kappa shape index (κ3) is 3.45. The zero-order chi connectivity index (χ0) is 19.5. The van der Waals surface area contributed by atoms with Gasteiger partial charge in [0.2, 0.25) is 5.16 Å². The van der Waals surface area contributed by atoms with Crippen molar-refractivity contribution in [3.05, 3.63) is 65.7 Å².